The fraction of sp³-hybridized carbons (Fsp3) is 0.303. The molecule has 5 rings (SSSR count). The van der Waals surface area contributed by atoms with Crippen LogP contribution in [-0.4, -0.2) is 78.1 Å². The third-order valence-corrected chi connectivity index (χ3v) is 8.66. The fourth-order valence-corrected chi connectivity index (χ4v) is 6.33. The standard InChI is InChI=1S/C33H35N5O7S/c1-22(2)30(32(40)41)38(46(43)44)36-18-16-35(17-19-36)26-11-6-23(7-12-26)4-5-24-10-15-29-28(20-24)31(39)37(33(42)34-29)21-25-8-13-27(45-3)14-9-25/h6-15,20,22,30H,16-19,21H2,1-3H3,(H,34,42)(H,40,41)(H,43,44). The van der Waals surface area contributed by atoms with Crippen molar-refractivity contribution in [3.63, 3.8) is 0 Å². The second-order valence-electron chi connectivity index (χ2n) is 11.2. The van der Waals surface area contributed by atoms with Crippen molar-refractivity contribution in [2.45, 2.75) is 26.4 Å². The highest BCUT2D eigenvalue weighted by Crippen LogP contribution is 2.22. The van der Waals surface area contributed by atoms with E-state index in [4.69, 9.17) is 4.74 Å². The van der Waals surface area contributed by atoms with E-state index in [9.17, 15) is 28.3 Å². The van der Waals surface area contributed by atoms with Gasteiger partial charge < -0.3 is 19.7 Å². The molecular formula is C33H35N5O7S. The molecule has 0 bridgehead atoms. The lowest BCUT2D eigenvalue weighted by Crippen LogP contribution is -2.60. The number of carboxylic acids is 1. The summed E-state index contributed by atoms with van der Waals surface area (Å²) in [6.45, 7) is 5.39. The molecule has 0 amide bonds. The van der Waals surface area contributed by atoms with Crippen molar-refractivity contribution >= 4 is 33.8 Å². The van der Waals surface area contributed by atoms with E-state index in [1.807, 2.05) is 24.3 Å². The van der Waals surface area contributed by atoms with Crippen LogP contribution >= 0.6 is 0 Å². The molecule has 4 aromatic rings. The number of carbonyl (C=O) groups is 1. The number of anilines is 1. The Morgan fingerprint density at radius 2 is 1.61 bits per heavy atom. The molecule has 12 nitrogen and oxygen atoms in total. The van der Waals surface area contributed by atoms with E-state index in [0.29, 0.717) is 48.4 Å². The molecule has 2 heterocycles. The highest BCUT2D eigenvalue weighted by Gasteiger charge is 2.38. The van der Waals surface area contributed by atoms with E-state index in [2.05, 4.69) is 21.7 Å². The molecule has 2 atom stereocenters. The van der Waals surface area contributed by atoms with E-state index < -0.39 is 34.5 Å². The predicted molar refractivity (Wildman–Crippen MR) is 176 cm³/mol. The highest BCUT2D eigenvalue weighted by atomic mass is 32.2. The Labute approximate surface area is 268 Å². The first-order chi connectivity index (χ1) is 22.0. The Kier molecular flexibility index (Phi) is 10.0. The Morgan fingerprint density at radius 3 is 2.20 bits per heavy atom. The van der Waals surface area contributed by atoms with E-state index in [1.54, 1.807) is 68.4 Å². The van der Waals surface area contributed by atoms with Gasteiger partial charge in [-0.05, 0) is 66.1 Å². The molecule has 0 radical (unpaired) electrons. The second kappa shape index (κ2) is 14.1. The van der Waals surface area contributed by atoms with Crippen LogP contribution in [-0.2, 0) is 22.6 Å². The molecule has 1 fully saturated rings. The van der Waals surface area contributed by atoms with E-state index in [-0.39, 0.29) is 12.5 Å². The maximum Gasteiger partial charge on any atom is 0.329 e. The summed E-state index contributed by atoms with van der Waals surface area (Å²) in [5.74, 6) is 5.41. The van der Waals surface area contributed by atoms with Crippen LogP contribution in [0, 0.1) is 17.8 Å². The minimum absolute atomic E-state index is 0.116. The van der Waals surface area contributed by atoms with Crippen molar-refractivity contribution in [3.05, 3.63) is 104 Å². The molecule has 0 spiro atoms. The lowest BCUT2D eigenvalue weighted by molar-refractivity contribution is -0.148. The monoisotopic (exact) mass is 645 g/mol. The number of H-pyrrole nitrogens is 1. The molecule has 240 valence electrons. The van der Waals surface area contributed by atoms with Gasteiger partial charge in [0.05, 0.1) is 24.6 Å². The number of nitrogens with zero attached hydrogens (tertiary/aromatic N) is 4. The Bertz CT molecular complexity index is 1920. The highest BCUT2D eigenvalue weighted by molar-refractivity contribution is 7.76. The van der Waals surface area contributed by atoms with Crippen LogP contribution in [0.15, 0.2) is 76.3 Å². The normalized spacial score (nSPS) is 15.0. The number of hydrogen-bond donors (Lipinski definition) is 3. The molecule has 2 unspecified atom stereocenters. The van der Waals surface area contributed by atoms with Crippen LogP contribution in [0.2, 0.25) is 0 Å². The molecule has 1 aliphatic heterocycles. The maximum atomic E-state index is 13.3. The zero-order chi connectivity index (χ0) is 33.0. The largest absolute Gasteiger partial charge is 0.497 e. The average Bonchev–Trinajstić information content (AvgIpc) is 3.05. The average molecular weight is 646 g/mol. The molecule has 13 heteroatoms. The number of hydrogen-bond acceptors (Lipinski definition) is 7. The van der Waals surface area contributed by atoms with Crippen LogP contribution in [0.3, 0.4) is 0 Å². The van der Waals surface area contributed by atoms with Crippen LogP contribution in [0.25, 0.3) is 10.9 Å². The van der Waals surface area contributed by atoms with Gasteiger partial charge in [0.1, 0.15) is 11.8 Å². The van der Waals surface area contributed by atoms with E-state index in [1.165, 1.54) is 0 Å². The van der Waals surface area contributed by atoms with E-state index in [0.717, 1.165) is 25.8 Å². The summed E-state index contributed by atoms with van der Waals surface area (Å²) in [6.07, 6.45) is 0. The van der Waals surface area contributed by atoms with Gasteiger partial charge in [-0.25, -0.2) is 14.0 Å². The summed E-state index contributed by atoms with van der Waals surface area (Å²) in [7, 11) is 1.57. The number of rotatable bonds is 9. The first-order valence-electron chi connectivity index (χ1n) is 14.7. The van der Waals surface area contributed by atoms with Gasteiger partial charge in [0, 0.05) is 43.0 Å². The first kappa shape index (κ1) is 32.6. The number of nitrogens with one attached hydrogen (secondary N) is 1. The maximum absolute atomic E-state index is 13.3. The molecule has 46 heavy (non-hydrogen) atoms. The van der Waals surface area contributed by atoms with Gasteiger partial charge >= 0.3 is 11.7 Å². The zero-order valence-electron chi connectivity index (χ0n) is 25.7. The third-order valence-electron chi connectivity index (χ3n) is 7.88. The van der Waals surface area contributed by atoms with Crippen molar-refractivity contribution in [2.75, 3.05) is 38.2 Å². The van der Waals surface area contributed by atoms with Crippen LogP contribution in [0.4, 0.5) is 5.69 Å². The molecule has 1 saturated heterocycles. The minimum Gasteiger partial charge on any atom is -0.497 e. The summed E-state index contributed by atoms with van der Waals surface area (Å²) in [5, 5.41) is 11.6. The lowest BCUT2D eigenvalue weighted by Gasteiger charge is -2.42. The number of aromatic nitrogens is 2. The number of aliphatic carboxylic acids is 1. The number of benzene rings is 3. The topological polar surface area (TPSA) is 148 Å². The van der Waals surface area contributed by atoms with Crippen LogP contribution in [0.1, 0.15) is 30.5 Å². The van der Waals surface area contributed by atoms with Crippen LogP contribution in [0.5, 0.6) is 5.75 Å². The second-order valence-corrected chi connectivity index (χ2v) is 12.1. The number of fused-ring (bicyclic) bond motifs is 1. The molecule has 1 aliphatic rings. The summed E-state index contributed by atoms with van der Waals surface area (Å²) in [4.78, 5) is 42.7. The van der Waals surface area contributed by atoms with Crippen molar-refractivity contribution < 1.29 is 23.4 Å². The van der Waals surface area contributed by atoms with Crippen molar-refractivity contribution in [1.29, 1.82) is 0 Å². The number of hydrazine groups is 1. The predicted octanol–water partition coefficient (Wildman–Crippen LogP) is 2.73. The van der Waals surface area contributed by atoms with Crippen molar-refractivity contribution in [3.8, 4) is 17.6 Å². The molecule has 0 saturated carbocycles. The van der Waals surface area contributed by atoms with Gasteiger partial charge in [0.2, 0.25) is 11.3 Å². The van der Waals surface area contributed by atoms with Gasteiger partial charge in [0.15, 0.2) is 0 Å². The summed E-state index contributed by atoms with van der Waals surface area (Å²) in [5.41, 5.74) is 2.67. The quantitative estimate of drug-likeness (QED) is 0.185. The van der Waals surface area contributed by atoms with Gasteiger partial charge in [-0.2, -0.15) is 0 Å². The summed E-state index contributed by atoms with van der Waals surface area (Å²) >= 11 is -2.46. The molecule has 3 N–H and O–H groups in total. The summed E-state index contributed by atoms with van der Waals surface area (Å²) < 4.78 is 29.3. The first-order valence-corrected chi connectivity index (χ1v) is 15.8. The van der Waals surface area contributed by atoms with Gasteiger partial charge in [-0.1, -0.05) is 37.8 Å². The molecule has 1 aromatic heterocycles. The molecule has 3 aromatic carbocycles. The Balaban J connectivity index is 1.28. The number of ether oxygens (including phenoxy) is 1. The SMILES string of the molecule is COc1ccc(Cn2c(=O)[nH]c3ccc(C#Cc4ccc(N5CCN(N(C(C(=O)O)C(C)C)S(=O)O)CC5)cc4)cc3c2=O)cc1. The smallest absolute Gasteiger partial charge is 0.329 e. The Morgan fingerprint density at radius 1 is 0.978 bits per heavy atom. The van der Waals surface area contributed by atoms with E-state index >= 15 is 0 Å². The van der Waals surface area contributed by atoms with Gasteiger partial charge in [-0.3, -0.25) is 18.7 Å². The van der Waals surface area contributed by atoms with Crippen molar-refractivity contribution in [1.82, 2.24) is 19.0 Å². The third kappa shape index (κ3) is 7.21. The van der Waals surface area contributed by atoms with Gasteiger partial charge in [0.25, 0.3) is 5.56 Å². The molecular weight excluding hydrogens is 610 g/mol. The Hall–Kier alpha value is -4.74. The number of piperazine rings is 1. The zero-order valence-corrected chi connectivity index (χ0v) is 26.5. The minimum atomic E-state index is -2.46. The van der Waals surface area contributed by atoms with Crippen molar-refractivity contribution in [2.24, 2.45) is 5.92 Å². The number of aromatic amines is 1. The summed E-state index contributed by atoms with van der Waals surface area (Å²) in [6, 6.07) is 18.8. The van der Waals surface area contributed by atoms with Gasteiger partial charge in [-0.15, -0.1) is 4.41 Å². The number of carboxylic acid groups (broad SMARTS) is 1. The fourth-order valence-electron chi connectivity index (χ4n) is 5.44. The van der Waals surface area contributed by atoms with Crippen LogP contribution < -0.4 is 20.9 Å². The lowest BCUT2D eigenvalue weighted by atomic mass is 10.1. The molecule has 0 aliphatic carbocycles. The number of methoxy groups -OCH3 is 1.